The molecule has 0 fully saturated rings. The maximum absolute atomic E-state index is 6.76. The molecule has 1 unspecified atom stereocenters. The van der Waals surface area contributed by atoms with Crippen LogP contribution >= 0.6 is 8.81 Å². The van der Waals surface area contributed by atoms with E-state index >= 15 is 0 Å². The van der Waals surface area contributed by atoms with Crippen LogP contribution in [0.1, 0.15) is 0 Å². The molecule has 0 bridgehead atoms. The highest BCUT2D eigenvalue weighted by atomic mass is 31.1. The highest BCUT2D eigenvalue weighted by Gasteiger charge is 1.68. The van der Waals surface area contributed by atoms with Crippen LogP contribution < -0.4 is 0 Å². The number of hydrogen-bond acceptors (Lipinski definition) is 1. The fourth-order valence-corrected chi connectivity index (χ4v) is 0.354. The average molecular weight is 90.9 g/mol. The second-order valence-corrected chi connectivity index (χ2v) is 1.20. The molecule has 0 aliphatic carbocycles. The molecule has 1 nitrogen and oxygen atoms in total. The minimum absolute atomic E-state index is 0.340. The van der Waals surface area contributed by atoms with Crippen LogP contribution in [0.5, 0.6) is 0 Å². The van der Waals surface area contributed by atoms with Crippen LogP contribution in [0.2, 0.25) is 6.82 Å². The summed E-state index contributed by atoms with van der Waals surface area (Å²) in [6.45, 7) is 3.61. The summed E-state index contributed by atoms with van der Waals surface area (Å²) in [5.41, 5.74) is 0. The van der Waals surface area contributed by atoms with Crippen LogP contribution in [0.25, 0.3) is 0 Å². The van der Waals surface area contributed by atoms with Crippen molar-refractivity contribution in [3.63, 3.8) is 0 Å². The average Bonchev–Trinajstić information content (AvgIpc) is 1.35. The molecule has 0 heterocycles. The topological polar surface area (TPSA) is 9.23 Å². The van der Waals surface area contributed by atoms with Gasteiger partial charge in [-0.2, -0.15) is 0 Å². The third-order valence-corrected chi connectivity index (χ3v) is 0.707. The lowest BCUT2D eigenvalue weighted by Crippen LogP contribution is -1.75. The molecule has 0 saturated carbocycles. The zero-order chi connectivity index (χ0) is 4.99. The van der Waals surface area contributed by atoms with Gasteiger partial charge in [0.25, 0.3) is 7.45 Å². The lowest BCUT2D eigenvalue weighted by molar-refractivity contribution is 0.692. The Morgan fingerprint density at radius 1 is 2.20 bits per heavy atom. The Bertz CT molecular complexity index is 34.7. The van der Waals surface area contributed by atoms with Gasteiger partial charge in [0.1, 0.15) is 0 Å². The van der Waals surface area contributed by atoms with E-state index < -0.39 is 0 Å². The van der Waals surface area contributed by atoms with E-state index in [1.54, 1.807) is 6.82 Å². The van der Waals surface area contributed by atoms with Gasteiger partial charge in [-0.1, -0.05) is 6.82 Å². The lowest BCUT2D eigenvalue weighted by Gasteiger charge is -1.84. The highest BCUT2D eigenvalue weighted by molar-refractivity contribution is 7.32. The maximum Gasteiger partial charge on any atom is 0.276 e. The van der Waals surface area contributed by atoms with Gasteiger partial charge in [-0.05, 0) is 15.5 Å². The molecule has 0 aliphatic rings. The van der Waals surface area contributed by atoms with Crippen molar-refractivity contribution < 1.29 is 4.44 Å². The minimum atomic E-state index is -0.340. The standard InChI is InChI=1S/C2H8BOP/c1-3-4-5-2/h3,5H,1-2H3/i3D. The van der Waals surface area contributed by atoms with E-state index in [4.69, 9.17) is 5.78 Å². The fourth-order valence-electron chi connectivity index (χ4n) is 0.118. The zero-order valence-electron chi connectivity index (χ0n) is 4.49. The molecule has 0 aromatic rings. The van der Waals surface area contributed by atoms with Crippen molar-refractivity contribution >= 4 is 16.3 Å². The summed E-state index contributed by atoms with van der Waals surface area (Å²) in [5, 5.41) is 0. The largest absolute Gasteiger partial charge is 0.422 e. The van der Waals surface area contributed by atoms with Crippen LogP contribution in [0.3, 0.4) is 0 Å². The van der Waals surface area contributed by atoms with Crippen LogP contribution in [0.4, 0.5) is 0 Å². The Morgan fingerprint density at radius 2 is 2.80 bits per heavy atom. The van der Waals surface area contributed by atoms with Crippen LogP contribution in [0.15, 0.2) is 0 Å². The fraction of sp³-hybridized carbons (Fsp3) is 1.00. The summed E-state index contributed by atoms with van der Waals surface area (Å²) in [5.74, 6) is 0. The molecule has 5 heavy (non-hydrogen) atoms. The van der Waals surface area contributed by atoms with Crippen LogP contribution in [-0.4, -0.2) is 15.4 Å². The van der Waals surface area contributed by atoms with E-state index in [-0.39, 0.29) is 7.45 Å². The normalized spacial score (nSPS) is 12.8. The van der Waals surface area contributed by atoms with Gasteiger partial charge in [0.15, 0.2) is 0 Å². The summed E-state index contributed by atoms with van der Waals surface area (Å²) in [6.07, 6.45) is 0. The van der Waals surface area contributed by atoms with Gasteiger partial charge in [-0.25, -0.2) is 0 Å². The molecule has 0 rings (SSSR count). The van der Waals surface area contributed by atoms with Gasteiger partial charge in [0, 0.05) is 1.34 Å². The van der Waals surface area contributed by atoms with E-state index in [1.807, 2.05) is 6.66 Å². The summed E-state index contributed by atoms with van der Waals surface area (Å²) in [7, 11) is 0.111. The number of rotatable bonds is 2. The monoisotopic (exact) mass is 91.0 g/mol. The van der Waals surface area contributed by atoms with Crippen molar-refractivity contribution in [3.05, 3.63) is 0 Å². The van der Waals surface area contributed by atoms with Gasteiger partial charge >= 0.3 is 0 Å². The molecule has 0 N–H and O–H groups in total. The van der Waals surface area contributed by atoms with Crippen LogP contribution in [-0.2, 0) is 4.44 Å². The quantitative estimate of drug-likeness (QED) is 0.357. The first-order chi connectivity index (χ1) is 2.77. The van der Waals surface area contributed by atoms with Crippen molar-refractivity contribution in [1.29, 1.82) is 1.34 Å². The molecule has 0 saturated heterocycles. The van der Waals surface area contributed by atoms with Gasteiger partial charge in [-0.15, -0.1) is 0 Å². The molecule has 0 aliphatic heterocycles. The first-order valence-electron chi connectivity index (χ1n) is 2.09. The molecule has 0 radical (unpaired) electrons. The highest BCUT2D eigenvalue weighted by Crippen LogP contribution is 1.99. The van der Waals surface area contributed by atoms with Crippen LogP contribution in [0, 0.1) is 0 Å². The Kier molecular flexibility index (Phi) is 3.24. The van der Waals surface area contributed by atoms with E-state index in [0.717, 1.165) is 0 Å². The Labute approximate surface area is 36.6 Å². The van der Waals surface area contributed by atoms with Crippen molar-refractivity contribution in [2.45, 2.75) is 6.82 Å². The summed E-state index contributed by atoms with van der Waals surface area (Å²) < 4.78 is 11.5. The Hall–Kier alpha value is 0.455. The molecule has 3 heteroatoms. The molecule has 30 valence electrons. The van der Waals surface area contributed by atoms with Gasteiger partial charge < -0.3 is 4.44 Å². The predicted octanol–water partition coefficient (Wildman–Crippen LogP) is 0.626. The molecule has 0 aromatic carbocycles. The third kappa shape index (κ3) is 4.45. The first kappa shape index (κ1) is 3.64. The van der Waals surface area contributed by atoms with E-state index in [1.165, 1.54) is 0 Å². The smallest absolute Gasteiger partial charge is 0.276 e. The second-order valence-electron chi connectivity index (χ2n) is 0.558. The molecule has 0 spiro atoms. The van der Waals surface area contributed by atoms with Crippen molar-refractivity contribution in [2.75, 3.05) is 6.66 Å². The number of hydrogen-bond donors (Lipinski definition) is 0. The molecule has 1 atom stereocenters. The third-order valence-electron chi connectivity index (χ3n) is 0.236. The van der Waals surface area contributed by atoms with Crippen molar-refractivity contribution in [1.82, 2.24) is 0 Å². The lowest BCUT2D eigenvalue weighted by atomic mass is 10.1. The first-order valence-corrected chi connectivity index (χ1v) is 2.93. The zero-order valence-corrected chi connectivity index (χ0v) is 4.49. The van der Waals surface area contributed by atoms with E-state index in [9.17, 15) is 0 Å². The van der Waals surface area contributed by atoms with E-state index in [2.05, 4.69) is 0 Å². The second kappa shape index (κ2) is 4.45. The predicted molar refractivity (Wildman–Crippen MR) is 28.3 cm³/mol. The Morgan fingerprint density at radius 3 is 2.80 bits per heavy atom. The van der Waals surface area contributed by atoms with Crippen molar-refractivity contribution in [2.24, 2.45) is 0 Å². The summed E-state index contributed by atoms with van der Waals surface area (Å²) in [6, 6.07) is 0. The molecule has 0 aromatic heterocycles. The van der Waals surface area contributed by atoms with Crippen molar-refractivity contribution in [3.8, 4) is 0 Å². The maximum atomic E-state index is 6.76. The van der Waals surface area contributed by atoms with Gasteiger partial charge in [0.05, 0.1) is 0 Å². The SMILES string of the molecule is [2H]B(C)OPC. The van der Waals surface area contributed by atoms with Gasteiger partial charge in [0.2, 0.25) is 0 Å². The summed E-state index contributed by atoms with van der Waals surface area (Å²) >= 11 is 0. The van der Waals surface area contributed by atoms with Gasteiger partial charge in [-0.3, -0.25) is 0 Å². The molecular formula is C2H8BOP. The Balaban J connectivity index is 2.63. The van der Waals surface area contributed by atoms with E-state index in [0.29, 0.717) is 8.81 Å². The molecular weight excluding hydrogens is 81.8 g/mol. The molecule has 0 amide bonds. The summed E-state index contributed by atoms with van der Waals surface area (Å²) in [4.78, 5) is 0. The minimum Gasteiger partial charge on any atom is -0.422 e.